The summed E-state index contributed by atoms with van der Waals surface area (Å²) in [5.74, 6) is -0.207. The number of halogens is 6. The molecule has 0 atom stereocenters. The van der Waals surface area contributed by atoms with E-state index in [4.69, 9.17) is 0 Å². The van der Waals surface area contributed by atoms with Crippen LogP contribution >= 0.6 is 0 Å². The van der Waals surface area contributed by atoms with Crippen LogP contribution in [0, 0.1) is 0 Å². The highest BCUT2D eigenvalue weighted by molar-refractivity contribution is 5.89. The van der Waals surface area contributed by atoms with Crippen molar-refractivity contribution in [3.8, 4) is 16.9 Å². The molecule has 5 aromatic carbocycles. The zero-order valence-corrected chi connectivity index (χ0v) is 22.8. The van der Waals surface area contributed by atoms with Crippen LogP contribution < -0.4 is 0 Å². The third-order valence-corrected chi connectivity index (χ3v) is 7.41. The normalized spacial score (nSPS) is 12.5. The van der Waals surface area contributed by atoms with Gasteiger partial charge in [0.05, 0.1) is 16.8 Å². The number of aliphatic imine (C=N–C) groups is 1. The number of aromatic hydroxyl groups is 1. The van der Waals surface area contributed by atoms with Crippen molar-refractivity contribution in [2.45, 2.75) is 24.7 Å². The topological polar surface area (TPSA) is 32.6 Å². The molecule has 0 fully saturated rings. The number of nitrogens with zero attached hydrogens (tertiary/aromatic N) is 1. The van der Waals surface area contributed by atoms with Gasteiger partial charge in [-0.05, 0) is 59.5 Å². The molecular weight excluding hydrogens is 564 g/mol. The third kappa shape index (κ3) is 6.18. The molecule has 0 heterocycles. The van der Waals surface area contributed by atoms with Crippen molar-refractivity contribution in [3.63, 3.8) is 0 Å². The minimum absolute atomic E-state index is 0.0514. The second kappa shape index (κ2) is 11.4. The summed E-state index contributed by atoms with van der Waals surface area (Å²) in [5, 5.41) is 11.7. The molecule has 0 unspecified atom stereocenters. The van der Waals surface area contributed by atoms with Crippen molar-refractivity contribution in [2.75, 3.05) is 0 Å². The third-order valence-electron chi connectivity index (χ3n) is 7.41. The summed E-state index contributed by atoms with van der Waals surface area (Å²) >= 11 is 0. The van der Waals surface area contributed by atoms with E-state index in [1.165, 1.54) is 0 Å². The Labute approximate surface area is 244 Å². The summed E-state index contributed by atoms with van der Waals surface area (Å²) in [7, 11) is 0. The first-order valence-corrected chi connectivity index (χ1v) is 13.2. The van der Waals surface area contributed by atoms with Crippen LogP contribution in [-0.2, 0) is 17.8 Å². The fourth-order valence-corrected chi connectivity index (χ4v) is 5.11. The Morgan fingerprint density at radius 2 is 1.02 bits per heavy atom. The molecule has 5 aromatic rings. The Bertz CT molecular complexity index is 1670. The lowest BCUT2D eigenvalue weighted by Crippen LogP contribution is -2.26. The minimum atomic E-state index is -5.01. The van der Waals surface area contributed by atoms with Crippen LogP contribution in [0.2, 0.25) is 0 Å². The lowest BCUT2D eigenvalue weighted by molar-refractivity contribution is -0.143. The molecule has 43 heavy (non-hydrogen) atoms. The van der Waals surface area contributed by atoms with Crippen molar-refractivity contribution in [2.24, 2.45) is 4.99 Å². The van der Waals surface area contributed by atoms with Crippen molar-refractivity contribution < 1.29 is 31.4 Å². The molecule has 5 rings (SSSR count). The zero-order valence-electron chi connectivity index (χ0n) is 22.8. The lowest BCUT2D eigenvalue weighted by Gasteiger charge is -2.33. The largest absolute Gasteiger partial charge is 0.507 e. The number of rotatable bonds is 6. The summed E-state index contributed by atoms with van der Waals surface area (Å²) in [6.45, 7) is 1.95. The Morgan fingerprint density at radius 3 is 1.49 bits per heavy atom. The van der Waals surface area contributed by atoms with Gasteiger partial charge in [0.1, 0.15) is 5.75 Å². The van der Waals surface area contributed by atoms with E-state index in [1.54, 1.807) is 6.07 Å². The molecule has 0 saturated carbocycles. The molecule has 218 valence electrons. The summed E-state index contributed by atoms with van der Waals surface area (Å²) in [6, 6.07) is 32.8. The molecule has 8 heteroatoms. The molecule has 0 saturated heterocycles. The highest BCUT2D eigenvalue weighted by atomic mass is 19.4. The molecule has 0 bridgehead atoms. The number of phenols is 1. The first kappa shape index (κ1) is 29.6. The van der Waals surface area contributed by atoms with Gasteiger partial charge in [-0.15, -0.1) is 0 Å². The Balaban J connectivity index is 1.75. The van der Waals surface area contributed by atoms with E-state index in [-0.39, 0.29) is 17.4 Å². The van der Waals surface area contributed by atoms with E-state index < -0.39 is 34.6 Å². The zero-order chi connectivity index (χ0) is 30.8. The SMILES string of the molecule is CC(c1ccccc1)(c1ccccc1)c1cc(-c2ccccc2)cc(C=Nc2cc(C(F)(F)F)cc(C(F)(F)F)c2)c1O. The van der Waals surface area contributed by atoms with Crippen molar-refractivity contribution in [1.82, 2.24) is 0 Å². The maximum absolute atomic E-state index is 13.5. The molecule has 0 spiro atoms. The maximum Gasteiger partial charge on any atom is 0.416 e. The van der Waals surface area contributed by atoms with Crippen LogP contribution in [-0.4, -0.2) is 11.3 Å². The second-order valence-electron chi connectivity index (χ2n) is 10.2. The fourth-order valence-electron chi connectivity index (χ4n) is 5.11. The minimum Gasteiger partial charge on any atom is -0.507 e. The highest BCUT2D eigenvalue weighted by Crippen LogP contribution is 2.45. The van der Waals surface area contributed by atoms with Gasteiger partial charge in [-0.25, -0.2) is 0 Å². The average molecular weight is 590 g/mol. The maximum atomic E-state index is 13.5. The second-order valence-corrected chi connectivity index (χ2v) is 10.2. The number of benzene rings is 5. The van der Waals surface area contributed by atoms with Gasteiger partial charge in [-0.2, -0.15) is 26.3 Å². The van der Waals surface area contributed by atoms with Gasteiger partial charge < -0.3 is 5.11 Å². The molecule has 1 N–H and O–H groups in total. The van der Waals surface area contributed by atoms with Crippen molar-refractivity contribution in [3.05, 3.63) is 155 Å². The van der Waals surface area contributed by atoms with Crippen LogP contribution in [0.4, 0.5) is 32.0 Å². The van der Waals surface area contributed by atoms with E-state index >= 15 is 0 Å². The van der Waals surface area contributed by atoms with Crippen LogP contribution in [0.25, 0.3) is 11.1 Å². The highest BCUT2D eigenvalue weighted by Gasteiger charge is 2.37. The first-order chi connectivity index (χ1) is 20.4. The number of alkyl halides is 6. The summed E-state index contributed by atoms with van der Waals surface area (Å²) in [6.07, 6.45) is -8.93. The van der Waals surface area contributed by atoms with Crippen LogP contribution in [0.5, 0.6) is 5.75 Å². The van der Waals surface area contributed by atoms with E-state index in [1.807, 2.05) is 104 Å². The number of hydrogen-bond donors (Lipinski definition) is 1. The van der Waals surface area contributed by atoms with Crippen LogP contribution in [0.15, 0.2) is 126 Å². The molecule has 0 aliphatic heterocycles. The molecule has 0 aliphatic rings. The van der Waals surface area contributed by atoms with E-state index in [0.29, 0.717) is 23.3 Å². The molecular formula is C35H25F6NO. The quantitative estimate of drug-likeness (QED) is 0.119. The molecule has 0 aliphatic carbocycles. The van der Waals surface area contributed by atoms with Gasteiger partial charge in [-0.3, -0.25) is 4.99 Å². The van der Waals surface area contributed by atoms with E-state index in [9.17, 15) is 31.4 Å². The molecule has 0 aromatic heterocycles. The lowest BCUT2D eigenvalue weighted by atomic mass is 9.70. The van der Waals surface area contributed by atoms with Gasteiger partial charge in [0.15, 0.2) is 0 Å². The van der Waals surface area contributed by atoms with Crippen molar-refractivity contribution in [1.29, 1.82) is 0 Å². The molecule has 0 amide bonds. The van der Waals surface area contributed by atoms with Gasteiger partial charge >= 0.3 is 12.4 Å². The van der Waals surface area contributed by atoms with E-state index in [0.717, 1.165) is 22.9 Å². The summed E-state index contributed by atoms with van der Waals surface area (Å²) < 4.78 is 80.7. The van der Waals surface area contributed by atoms with E-state index in [2.05, 4.69) is 4.99 Å². The predicted molar refractivity (Wildman–Crippen MR) is 156 cm³/mol. The summed E-state index contributed by atoms with van der Waals surface area (Å²) in [5.41, 5.74) is -0.617. The smallest absolute Gasteiger partial charge is 0.416 e. The Kier molecular flexibility index (Phi) is 7.88. The van der Waals surface area contributed by atoms with Gasteiger partial charge in [-0.1, -0.05) is 91.0 Å². The first-order valence-electron chi connectivity index (χ1n) is 13.2. The van der Waals surface area contributed by atoms with Crippen LogP contribution in [0.1, 0.15) is 40.3 Å². The monoisotopic (exact) mass is 589 g/mol. The van der Waals surface area contributed by atoms with Crippen LogP contribution in [0.3, 0.4) is 0 Å². The fraction of sp³-hybridized carbons (Fsp3) is 0.114. The number of phenolic OH excluding ortho intramolecular Hbond substituents is 1. The summed E-state index contributed by atoms with van der Waals surface area (Å²) in [4.78, 5) is 4.00. The Morgan fingerprint density at radius 1 is 0.558 bits per heavy atom. The average Bonchev–Trinajstić information content (AvgIpc) is 3.00. The number of hydrogen-bond acceptors (Lipinski definition) is 2. The van der Waals surface area contributed by atoms with Gasteiger partial charge in [0.2, 0.25) is 0 Å². The standard InChI is InChI=1S/C35H25F6NO/c1-33(26-13-7-3-8-14-26,27-15-9-4-10-16-27)31-18-24(23-11-5-2-6-12-23)17-25(32(31)43)22-42-30-20-28(34(36,37)38)19-29(21-30)35(39,40)41/h2-22,43H,1H3. The predicted octanol–water partition coefficient (Wildman–Crippen LogP) is 10.2. The molecule has 0 radical (unpaired) electrons. The molecule has 2 nitrogen and oxygen atoms in total. The van der Waals surface area contributed by atoms with Gasteiger partial charge in [0, 0.05) is 22.8 Å². The Hall–Kier alpha value is -4.85. The van der Waals surface area contributed by atoms with Gasteiger partial charge in [0.25, 0.3) is 0 Å². The van der Waals surface area contributed by atoms with Crippen molar-refractivity contribution >= 4 is 11.9 Å².